The van der Waals surface area contributed by atoms with Crippen LogP contribution in [0.15, 0.2) is 39.4 Å². The van der Waals surface area contributed by atoms with E-state index in [0.29, 0.717) is 5.89 Å². The van der Waals surface area contributed by atoms with E-state index in [2.05, 4.69) is 20.9 Å². The molecule has 0 bridgehead atoms. The fraction of sp³-hybridized carbons (Fsp3) is 0.250. The van der Waals surface area contributed by atoms with Crippen molar-refractivity contribution in [3.63, 3.8) is 0 Å². The van der Waals surface area contributed by atoms with Crippen LogP contribution in [0.3, 0.4) is 0 Å². The number of rotatable bonds is 3. The number of hydrogen-bond acceptors (Lipinski definition) is 3. The SMILES string of the molecule is CC(CO)c1coc(-c2ccccc2Br)n1. The van der Waals surface area contributed by atoms with E-state index in [-0.39, 0.29) is 12.5 Å². The van der Waals surface area contributed by atoms with Gasteiger partial charge in [-0.3, -0.25) is 0 Å². The molecule has 0 amide bonds. The Kier molecular flexibility index (Phi) is 3.41. The van der Waals surface area contributed by atoms with E-state index < -0.39 is 0 Å². The van der Waals surface area contributed by atoms with Gasteiger partial charge in [0, 0.05) is 10.4 Å². The summed E-state index contributed by atoms with van der Waals surface area (Å²) in [5.74, 6) is 0.572. The van der Waals surface area contributed by atoms with Crippen molar-refractivity contribution in [1.82, 2.24) is 4.98 Å². The Hall–Kier alpha value is -1.13. The fourth-order valence-electron chi connectivity index (χ4n) is 1.36. The van der Waals surface area contributed by atoms with E-state index in [1.807, 2.05) is 31.2 Å². The van der Waals surface area contributed by atoms with Gasteiger partial charge in [-0.05, 0) is 28.1 Å². The lowest BCUT2D eigenvalue weighted by molar-refractivity contribution is 0.271. The number of aliphatic hydroxyl groups excluding tert-OH is 1. The predicted molar refractivity (Wildman–Crippen MR) is 65.1 cm³/mol. The lowest BCUT2D eigenvalue weighted by Crippen LogP contribution is -1.98. The van der Waals surface area contributed by atoms with Gasteiger partial charge in [0.2, 0.25) is 5.89 Å². The molecule has 1 heterocycles. The highest BCUT2D eigenvalue weighted by molar-refractivity contribution is 9.10. The van der Waals surface area contributed by atoms with Gasteiger partial charge in [0.1, 0.15) is 6.26 Å². The summed E-state index contributed by atoms with van der Waals surface area (Å²) in [6, 6.07) is 7.74. The molecule has 3 nitrogen and oxygen atoms in total. The third-order valence-corrected chi connectivity index (χ3v) is 3.10. The van der Waals surface area contributed by atoms with E-state index >= 15 is 0 Å². The molecule has 2 aromatic rings. The molecule has 0 aliphatic heterocycles. The van der Waals surface area contributed by atoms with Crippen LogP contribution < -0.4 is 0 Å². The molecule has 1 N–H and O–H groups in total. The Labute approximate surface area is 102 Å². The maximum Gasteiger partial charge on any atom is 0.227 e. The number of hydrogen-bond donors (Lipinski definition) is 1. The van der Waals surface area contributed by atoms with E-state index in [0.717, 1.165) is 15.7 Å². The second-order valence-corrected chi connectivity index (χ2v) is 4.50. The van der Waals surface area contributed by atoms with Crippen LogP contribution in [0.2, 0.25) is 0 Å². The van der Waals surface area contributed by atoms with E-state index in [9.17, 15) is 0 Å². The van der Waals surface area contributed by atoms with Crippen LogP contribution in [0, 0.1) is 0 Å². The molecule has 0 aliphatic rings. The number of benzene rings is 1. The minimum atomic E-state index is -0.0000113. The van der Waals surface area contributed by atoms with Gasteiger partial charge in [0.15, 0.2) is 0 Å². The molecule has 1 aromatic carbocycles. The Morgan fingerprint density at radius 2 is 2.19 bits per heavy atom. The molecule has 1 atom stereocenters. The Balaban J connectivity index is 2.35. The quantitative estimate of drug-likeness (QED) is 0.940. The summed E-state index contributed by atoms with van der Waals surface area (Å²) >= 11 is 3.45. The van der Waals surface area contributed by atoms with Crippen molar-refractivity contribution in [2.24, 2.45) is 0 Å². The zero-order chi connectivity index (χ0) is 11.5. The standard InChI is InChI=1S/C12H12BrNO2/c1-8(6-15)11-7-16-12(14-11)9-4-2-3-5-10(9)13/h2-5,7-8,15H,6H2,1H3. The highest BCUT2D eigenvalue weighted by Gasteiger charge is 2.13. The summed E-state index contributed by atoms with van der Waals surface area (Å²) in [6.45, 7) is 1.98. The zero-order valence-corrected chi connectivity index (χ0v) is 10.4. The third kappa shape index (κ3) is 2.18. The minimum absolute atomic E-state index is 0.0000113. The molecule has 84 valence electrons. The Morgan fingerprint density at radius 3 is 2.88 bits per heavy atom. The van der Waals surface area contributed by atoms with Gasteiger partial charge in [0.25, 0.3) is 0 Å². The summed E-state index contributed by atoms with van der Waals surface area (Å²) in [4.78, 5) is 4.36. The van der Waals surface area contributed by atoms with Crippen molar-refractivity contribution in [3.05, 3.63) is 40.7 Å². The zero-order valence-electron chi connectivity index (χ0n) is 8.85. The first-order valence-corrected chi connectivity index (χ1v) is 5.83. The average molecular weight is 282 g/mol. The first kappa shape index (κ1) is 11.4. The second kappa shape index (κ2) is 4.80. The van der Waals surface area contributed by atoms with Crippen LogP contribution in [0.5, 0.6) is 0 Å². The van der Waals surface area contributed by atoms with Crippen LogP contribution in [-0.4, -0.2) is 16.7 Å². The number of aromatic nitrogens is 1. The molecule has 0 fully saturated rings. The lowest BCUT2D eigenvalue weighted by atomic mass is 10.1. The van der Waals surface area contributed by atoms with Gasteiger partial charge in [-0.2, -0.15) is 0 Å². The third-order valence-electron chi connectivity index (χ3n) is 2.40. The van der Waals surface area contributed by atoms with Crippen LogP contribution in [0.1, 0.15) is 18.5 Å². The molecule has 0 saturated heterocycles. The molecule has 0 aliphatic carbocycles. The molecule has 0 radical (unpaired) electrons. The number of halogens is 1. The Morgan fingerprint density at radius 1 is 1.44 bits per heavy atom. The van der Waals surface area contributed by atoms with Gasteiger partial charge < -0.3 is 9.52 Å². The smallest absolute Gasteiger partial charge is 0.227 e. The number of aliphatic hydroxyl groups is 1. The largest absolute Gasteiger partial charge is 0.444 e. The van der Waals surface area contributed by atoms with Crippen molar-refractivity contribution in [3.8, 4) is 11.5 Å². The number of oxazole rings is 1. The molecule has 0 saturated carbocycles. The highest BCUT2D eigenvalue weighted by atomic mass is 79.9. The molecule has 0 spiro atoms. The van der Waals surface area contributed by atoms with Crippen molar-refractivity contribution >= 4 is 15.9 Å². The lowest BCUT2D eigenvalue weighted by Gasteiger charge is -2.01. The van der Waals surface area contributed by atoms with E-state index in [1.54, 1.807) is 6.26 Å². The summed E-state index contributed by atoms with van der Waals surface area (Å²) in [5, 5.41) is 9.03. The molecule has 2 rings (SSSR count). The molecule has 1 unspecified atom stereocenters. The molecule has 16 heavy (non-hydrogen) atoms. The van der Waals surface area contributed by atoms with Gasteiger partial charge >= 0.3 is 0 Å². The van der Waals surface area contributed by atoms with E-state index in [1.165, 1.54) is 0 Å². The van der Waals surface area contributed by atoms with Crippen LogP contribution in [0.25, 0.3) is 11.5 Å². The van der Waals surface area contributed by atoms with Gasteiger partial charge in [-0.1, -0.05) is 19.1 Å². The Bertz CT molecular complexity index is 481. The van der Waals surface area contributed by atoms with Gasteiger partial charge in [-0.15, -0.1) is 0 Å². The predicted octanol–water partition coefficient (Wildman–Crippen LogP) is 3.20. The number of nitrogens with zero attached hydrogens (tertiary/aromatic N) is 1. The summed E-state index contributed by atoms with van der Waals surface area (Å²) in [5.41, 5.74) is 1.69. The van der Waals surface area contributed by atoms with Crippen LogP contribution in [0.4, 0.5) is 0 Å². The first-order valence-electron chi connectivity index (χ1n) is 5.03. The van der Waals surface area contributed by atoms with Gasteiger partial charge in [0.05, 0.1) is 17.9 Å². The highest BCUT2D eigenvalue weighted by Crippen LogP contribution is 2.28. The monoisotopic (exact) mass is 281 g/mol. The molecule has 4 heteroatoms. The van der Waals surface area contributed by atoms with Crippen molar-refractivity contribution < 1.29 is 9.52 Å². The molecular weight excluding hydrogens is 270 g/mol. The fourth-order valence-corrected chi connectivity index (χ4v) is 1.82. The topological polar surface area (TPSA) is 46.3 Å². The van der Waals surface area contributed by atoms with Crippen molar-refractivity contribution in [2.75, 3.05) is 6.61 Å². The molecular formula is C12H12BrNO2. The molecule has 1 aromatic heterocycles. The van der Waals surface area contributed by atoms with Crippen molar-refractivity contribution in [1.29, 1.82) is 0 Å². The summed E-state index contributed by atoms with van der Waals surface area (Å²) in [7, 11) is 0. The van der Waals surface area contributed by atoms with Crippen molar-refractivity contribution in [2.45, 2.75) is 12.8 Å². The van der Waals surface area contributed by atoms with E-state index in [4.69, 9.17) is 9.52 Å². The average Bonchev–Trinajstić information content (AvgIpc) is 2.78. The normalized spacial score (nSPS) is 12.7. The maximum absolute atomic E-state index is 9.03. The minimum Gasteiger partial charge on any atom is -0.444 e. The van der Waals surface area contributed by atoms with Crippen LogP contribution >= 0.6 is 15.9 Å². The first-order chi connectivity index (χ1) is 7.72. The van der Waals surface area contributed by atoms with Crippen LogP contribution in [-0.2, 0) is 0 Å². The second-order valence-electron chi connectivity index (χ2n) is 3.64. The van der Waals surface area contributed by atoms with Gasteiger partial charge in [-0.25, -0.2) is 4.98 Å². The summed E-state index contributed by atoms with van der Waals surface area (Å²) in [6.07, 6.45) is 1.59. The summed E-state index contributed by atoms with van der Waals surface area (Å²) < 4.78 is 6.35. The maximum atomic E-state index is 9.03.